The van der Waals surface area contributed by atoms with E-state index >= 15 is 0 Å². The number of carbonyl (C=O) groups excluding carboxylic acids is 4. The Morgan fingerprint density at radius 3 is 2.33 bits per heavy atom. The van der Waals surface area contributed by atoms with Crippen molar-refractivity contribution in [2.75, 3.05) is 25.1 Å². The van der Waals surface area contributed by atoms with Crippen LogP contribution < -0.4 is 27.0 Å². The van der Waals surface area contributed by atoms with Crippen molar-refractivity contribution in [1.82, 2.24) is 25.5 Å². The molecule has 1 fully saturated rings. The lowest BCUT2D eigenvalue weighted by atomic mass is 10.0. The van der Waals surface area contributed by atoms with Gasteiger partial charge in [-0.15, -0.1) is 0 Å². The summed E-state index contributed by atoms with van der Waals surface area (Å²) in [6, 6.07) is -0.975. The molecule has 242 valence electrons. The minimum absolute atomic E-state index is 0.159. The minimum atomic E-state index is -3.90. The van der Waals surface area contributed by atoms with E-state index in [9.17, 15) is 37.9 Å². The number of alkyl halides is 2. The lowest BCUT2D eigenvalue weighted by Crippen LogP contribution is -2.55. The summed E-state index contributed by atoms with van der Waals surface area (Å²) in [5.74, 6) is -5.78. The smallest absolute Gasteiger partial charge is 0.412 e. The van der Waals surface area contributed by atoms with E-state index in [0.29, 0.717) is 4.57 Å². The highest BCUT2D eigenvalue weighted by Gasteiger charge is 2.59. The van der Waals surface area contributed by atoms with Crippen LogP contribution in [-0.4, -0.2) is 99.3 Å². The molecule has 2 rings (SSSR count). The molecule has 0 aromatic carbocycles. The van der Waals surface area contributed by atoms with Gasteiger partial charge in [-0.25, -0.2) is 14.4 Å². The van der Waals surface area contributed by atoms with Gasteiger partial charge in [-0.2, -0.15) is 13.8 Å². The first-order chi connectivity index (χ1) is 19.9. The number of aromatic nitrogens is 2. The van der Waals surface area contributed by atoms with Gasteiger partial charge in [0.25, 0.3) is 0 Å². The number of ether oxygens (including phenoxy) is 3. The largest absolute Gasteiger partial charge is 0.447 e. The maximum atomic E-state index is 14.3. The van der Waals surface area contributed by atoms with Gasteiger partial charge in [-0.05, 0) is 39.7 Å². The molecule has 16 nitrogen and oxygen atoms in total. The van der Waals surface area contributed by atoms with Gasteiger partial charge >= 0.3 is 23.8 Å². The van der Waals surface area contributed by atoms with Crippen LogP contribution in [0, 0.1) is 5.92 Å². The van der Waals surface area contributed by atoms with E-state index in [1.807, 2.05) is 0 Å². The summed E-state index contributed by atoms with van der Waals surface area (Å²) < 4.78 is 43.9. The molecular formula is C25H38F2N6O10. The molecule has 1 aliphatic rings. The number of nitrogens with zero attached hydrogens (tertiary/aromatic N) is 2. The van der Waals surface area contributed by atoms with Crippen molar-refractivity contribution in [2.45, 2.75) is 83.6 Å². The molecular weight excluding hydrogens is 582 g/mol. The van der Waals surface area contributed by atoms with E-state index in [2.05, 4.69) is 26.3 Å². The quantitative estimate of drug-likeness (QED) is 0.179. The molecule has 0 saturated carbocycles. The normalized spacial score (nSPS) is 21.0. The molecule has 0 radical (unpaired) electrons. The van der Waals surface area contributed by atoms with Crippen molar-refractivity contribution in [3.63, 3.8) is 0 Å². The number of anilines is 1. The van der Waals surface area contributed by atoms with Crippen LogP contribution in [0.1, 0.15) is 47.8 Å². The fourth-order valence-corrected chi connectivity index (χ4v) is 3.73. The Morgan fingerprint density at radius 2 is 1.79 bits per heavy atom. The average molecular weight is 621 g/mol. The summed E-state index contributed by atoms with van der Waals surface area (Å²) in [6.07, 6.45) is -7.19. The van der Waals surface area contributed by atoms with Crippen molar-refractivity contribution in [3.8, 4) is 0 Å². The fourth-order valence-electron chi connectivity index (χ4n) is 3.73. The number of hydrogen-bond acceptors (Lipinski definition) is 11. The number of rotatable bonds is 11. The lowest BCUT2D eigenvalue weighted by Gasteiger charge is -2.26. The van der Waals surface area contributed by atoms with E-state index in [-0.39, 0.29) is 24.9 Å². The summed E-state index contributed by atoms with van der Waals surface area (Å²) in [4.78, 5) is 64.8. The maximum absolute atomic E-state index is 14.3. The number of hydrogen-bond donors (Lipinski definition) is 6. The summed E-state index contributed by atoms with van der Waals surface area (Å²) in [6.45, 7) is 8.46. The zero-order valence-electron chi connectivity index (χ0n) is 24.6. The molecule has 43 heavy (non-hydrogen) atoms. The molecule has 5 atom stereocenters. The van der Waals surface area contributed by atoms with E-state index in [4.69, 9.17) is 19.3 Å². The molecule has 1 aromatic rings. The lowest BCUT2D eigenvalue weighted by molar-refractivity contribution is -0.140. The van der Waals surface area contributed by atoms with Crippen molar-refractivity contribution in [3.05, 3.63) is 22.7 Å². The first kappa shape index (κ1) is 35.3. The van der Waals surface area contributed by atoms with Crippen LogP contribution in [0.15, 0.2) is 17.1 Å². The van der Waals surface area contributed by atoms with Crippen LogP contribution in [0.25, 0.3) is 0 Å². The zero-order chi connectivity index (χ0) is 32.7. The van der Waals surface area contributed by atoms with Gasteiger partial charge < -0.3 is 40.4 Å². The summed E-state index contributed by atoms with van der Waals surface area (Å²) >= 11 is 0. The topological polar surface area (TPSA) is 219 Å². The number of nitrogens with one attached hydrogen (secondary N) is 4. The van der Waals surface area contributed by atoms with Crippen LogP contribution in [-0.2, 0) is 23.8 Å². The van der Waals surface area contributed by atoms with Gasteiger partial charge in [0.15, 0.2) is 6.10 Å². The molecule has 1 aliphatic heterocycles. The molecule has 0 spiro atoms. The Balaban J connectivity index is 1.81. The van der Waals surface area contributed by atoms with E-state index < -0.39 is 78.3 Å². The third-order valence-electron chi connectivity index (χ3n) is 5.88. The van der Waals surface area contributed by atoms with Gasteiger partial charge in [0.05, 0.1) is 13.2 Å². The summed E-state index contributed by atoms with van der Waals surface area (Å²) in [5.41, 5.74) is -2.01. The Hall–Kier alpha value is -3.90. The van der Waals surface area contributed by atoms with Crippen molar-refractivity contribution in [1.29, 1.82) is 0 Å². The van der Waals surface area contributed by atoms with E-state index in [0.717, 1.165) is 12.3 Å². The molecule has 0 aliphatic carbocycles. The number of carbonyl (C=O) groups is 4. The van der Waals surface area contributed by atoms with Gasteiger partial charge in [-0.3, -0.25) is 19.5 Å². The van der Waals surface area contributed by atoms with Gasteiger partial charge in [0, 0.05) is 6.20 Å². The van der Waals surface area contributed by atoms with Crippen molar-refractivity contribution < 1.29 is 52.4 Å². The Labute approximate surface area is 245 Å². The molecule has 0 unspecified atom stereocenters. The fraction of sp³-hybridized carbons (Fsp3) is 0.680. The van der Waals surface area contributed by atoms with E-state index in [1.54, 1.807) is 34.6 Å². The second-order valence-corrected chi connectivity index (χ2v) is 11.0. The number of halogens is 2. The molecule has 4 amide bonds. The van der Waals surface area contributed by atoms with Crippen LogP contribution >= 0.6 is 0 Å². The first-order valence-electron chi connectivity index (χ1n) is 13.3. The number of alkyl carbamates (subject to hydrolysis) is 1. The number of aliphatic hydroxyl groups excluding tert-OH is 2. The summed E-state index contributed by atoms with van der Waals surface area (Å²) in [5, 5.41) is 28.2. The SMILES string of the molecule is CC(C)[C@H](NC(=O)OC(C)(C)C)C(=O)N[C@@H](C)C(=O)NCCOC(=O)Nc1ccn([C@@H]2O[C@H](CO)[C@@H](O)C2(F)F)c(=O)n1. The molecule has 0 bridgehead atoms. The summed E-state index contributed by atoms with van der Waals surface area (Å²) in [7, 11) is 0. The first-order valence-corrected chi connectivity index (χ1v) is 13.3. The van der Waals surface area contributed by atoms with E-state index in [1.165, 1.54) is 6.92 Å². The molecule has 1 saturated heterocycles. The second-order valence-electron chi connectivity index (χ2n) is 11.0. The van der Waals surface area contributed by atoms with Crippen LogP contribution in [0.4, 0.5) is 24.2 Å². The molecule has 18 heteroatoms. The predicted molar refractivity (Wildman–Crippen MR) is 144 cm³/mol. The van der Waals surface area contributed by atoms with Gasteiger partial charge in [0.1, 0.15) is 36.2 Å². The highest BCUT2D eigenvalue weighted by atomic mass is 19.3. The standard InChI is InChI=1S/C25H38F2N6O10/c1-12(2)16(32-23(40)43-24(4,5)6)19(37)29-13(3)18(36)28-8-10-41-22(39)31-15-7-9-33(21(38)30-15)20-25(26,27)17(35)14(11-34)42-20/h7,9,12-14,16-17,20,34-35H,8,10-11H2,1-6H3,(H,28,36)(H,29,37)(H,32,40)(H,30,31,38,39)/t13-,14+,16-,17+,20+/m0/s1. The predicted octanol–water partition coefficient (Wildman–Crippen LogP) is -0.152. The third kappa shape index (κ3) is 9.82. The zero-order valence-corrected chi connectivity index (χ0v) is 24.6. The average Bonchev–Trinajstić information content (AvgIpc) is 3.11. The van der Waals surface area contributed by atoms with Crippen molar-refractivity contribution in [2.24, 2.45) is 5.92 Å². The number of aliphatic hydroxyl groups is 2. The molecule has 1 aromatic heterocycles. The van der Waals surface area contributed by atoms with Crippen LogP contribution in [0.2, 0.25) is 0 Å². The Morgan fingerprint density at radius 1 is 1.14 bits per heavy atom. The van der Waals surface area contributed by atoms with Crippen LogP contribution in [0.3, 0.4) is 0 Å². The Kier molecular flexibility index (Phi) is 11.9. The van der Waals surface area contributed by atoms with Gasteiger partial charge in [-0.1, -0.05) is 13.8 Å². The Bertz CT molecular complexity index is 1220. The van der Waals surface area contributed by atoms with Gasteiger partial charge in [0.2, 0.25) is 18.0 Å². The molecule has 2 heterocycles. The maximum Gasteiger partial charge on any atom is 0.412 e. The highest BCUT2D eigenvalue weighted by Crippen LogP contribution is 2.41. The van der Waals surface area contributed by atoms with Crippen molar-refractivity contribution >= 4 is 29.8 Å². The second kappa shape index (κ2) is 14.5. The van der Waals surface area contributed by atoms with Crippen LogP contribution in [0.5, 0.6) is 0 Å². The highest BCUT2D eigenvalue weighted by molar-refractivity contribution is 5.91. The molecule has 6 N–H and O–H groups in total. The number of amides is 4. The minimum Gasteiger partial charge on any atom is -0.447 e. The monoisotopic (exact) mass is 620 g/mol. The third-order valence-corrected chi connectivity index (χ3v) is 5.88.